The fourth-order valence-electron chi connectivity index (χ4n) is 5.47. The molecule has 3 aliphatic rings. The fourth-order valence-corrected chi connectivity index (χ4v) is 5.47. The number of carbonyl (C=O) groups is 1. The van der Waals surface area contributed by atoms with Gasteiger partial charge in [0.2, 0.25) is 5.91 Å². The third-order valence-electron chi connectivity index (χ3n) is 7.45. The molecule has 7 nitrogen and oxygen atoms in total. The van der Waals surface area contributed by atoms with Gasteiger partial charge in [-0.1, -0.05) is 30.3 Å². The summed E-state index contributed by atoms with van der Waals surface area (Å²) in [5, 5.41) is 3.33. The van der Waals surface area contributed by atoms with E-state index in [4.69, 9.17) is 4.98 Å². The lowest BCUT2D eigenvalue weighted by Crippen LogP contribution is -2.39. The van der Waals surface area contributed by atoms with Crippen LogP contribution < -0.4 is 5.56 Å². The van der Waals surface area contributed by atoms with Gasteiger partial charge in [0.15, 0.2) is 5.65 Å². The van der Waals surface area contributed by atoms with Crippen LogP contribution in [-0.4, -0.2) is 49.9 Å². The van der Waals surface area contributed by atoms with Gasteiger partial charge in [-0.3, -0.25) is 19.6 Å². The predicted octanol–water partition coefficient (Wildman–Crippen LogP) is 3.09. The SMILES string of the molecule is O=C(Cc1ccccc1)N1CCCCC1c1cc2nc3c(c(=O)n2[nH]1)CN(CC1CC1)CC3. The lowest BCUT2D eigenvalue weighted by atomic mass is 9.98. The van der Waals surface area contributed by atoms with Gasteiger partial charge in [0.25, 0.3) is 5.56 Å². The van der Waals surface area contributed by atoms with Crippen molar-refractivity contribution in [1.82, 2.24) is 24.4 Å². The van der Waals surface area contributed by atoms with Crippen molar-refractivity contribution in [2.24, 2.45) is 5.92 Å². The number of amides is 1. The van der Waals surface area contributed by atoms with E-state index in [-0.39, 0.29) is 17.5 Å². The Morgan fingerprint density at radius 1 is 1.09 bits per heavy atom. The highest BCUT2D eigenvalue weighted by Gasteiger charge is 2.31. The fraction of sp³-hybridized carbons (Fsp3) is 0.500. The molecule has 2 aliphatic heterocycles. The first-order valence-corrected chi connectivity index (χ1v) is 12.3. The molecular formula is C26H31N5O2. The number of likely N-dealkylation sites (tertiary alicyclic amines) is 1. The smallest absolute Gasteiger partial charge is 0.277 e. The summed E-state index contributed by atoms with van der Waals surface area (Å²) in [5.74, 6) is 0.952. The Kier molecular flexibility index (Phi) is 5.29. The normalized spacial score (nSPS) is 21.3. The van der Waals surface area contributed by atoms with E-state index in [0.29, 0.717) is 18.6 Å². The van der Waals surface area contributed by atoms with Crippen LogP contribution in [0.5, 0.6) is 0 Å². The number of rotatable bonds is 5. The molecule has 3 aromatic rings. The van der Waals surface area contributed by atoms with Crippen molar-refractivity contribution in [3.63, 3.8) is 0 Å². The number of H-pyrrole nitrogens is 1. The highest BCUT2D eigenvalue weighted by Crippen LogP contribution is 2.32. The summed E-state index contributed by atoms with van der Waals surface area (Å²) >= 11 is 0. The van der Waals surface area contributed by atoms with Gasteiger partial charge in [0, 0.05) is 38.7 Å². The van der Waals surface area contributed by atoms with Gasteiger partial charge in [0.05, 0.1) is 29.4 Å². The van der Waals surface area contributed by atoms with Crippen LogP contribution in [0, 0.1) is 5.92 Å². The zero-order valence-electron chi connectivity index (χ0n) is 19.0. The minimum Gasteiger partial charge on any atom is -0.334 e. The van der Waals surface area contributed by atoms with Crippen LogP contribution in [0.15, 0.2) is 41.2 Å². The molecule has 1 N–H and O–H groups in total. The summed E-state index contributed by atoms with van der Waals surface area (Å²) in [4.78, 5) is 35.8. The van der Waals surface area contributed by atoms with Crippen LogP contribution in [0.4, 0.5) is 0 Å². The molecule has 1 aromatic carbocycles. The molecule has 6 rings (SSSR count). The van der Waals surface area contributed by atoms with Crippen molar-refractivity contribution >= 4 is 11.6 Å². The first-order chi connectivity index (χ1) is 16.2. The van der Waals surface area contributed by atoms with E-state index in [0.717, 1.165) is 73.8 Å². The van der Waals surface area contributed by atoms with Crippen LogP contribution in [0.2, 0.25) is 0 Å². The van der Waals surface area contributed by atoms with Crippen molar-refractivity contribution in [1.29, 1.82) is 0 Å². The molecule has 1 saturated carbocycles. The van der Waals surface area contributed by atoms with Crippen LogP contribution in [0.25, 0.3) is 5.65 Å². The molecule has 2 aromatic heterocycles. The molecule has 4 heterocycles. The maximum atomic E-state index is 13.4. The Morgan fingerprint density at radius 3 is 2.76 bits per heavy atom. The third kappa shape index (κ3) is 4.10. The van der Waals surface area contributed by atoms with E-state index in [1.165, 1.54) is 12.8 Å². The molecule has 0 radical (unpaired) electrons. The molecule has 1 amide bonds. The highest BCUT2D eigenvalue weighted by molar-refractivity contribution is 5.79. The molecule has 0 bridgehead atoms. The number of benzene rings is 1. The second kappa shape index (κ2) is 8.45. The van der Waals surface area contributed by atoms with E-state index >= 15 is 0 Å². The number of piperidine rings is 1. The monoisotopic (exact) mass is 445 g/mol. The molecule has 7 heteroatoms. The highest BCUT2D eigenvalue weighted by atomic mass is 16.2. The summed E-state index contributed by atoms with van der Waals surface area (Å²) < 4.78 is 1.60. The van der Waals surface area contributed by atoms with Gasteiger partial charge < -0.3 is 4.90 Å². The topological polar surface area (TPSA) is 73.7 Å². The maximum Gasteiger partial charge on any atom is 0.277 e. The van der Waals surface area contributed by atoms with Crippen LogP contribution in [0.3, 0.4) is 0 Å². The molecule has 1 aliphatic carbocycles. The van der Waals surface area contributed by atoms with E-state index in [1.54, 1.807) is 4.52 Å². The molecular weight excluding hydrogens is 414 g/mol. The first-order valence-electron chi connectivity index (χ1n) is 12.3. The largest absolute Gasteiger partial charge is 0.334 e. The summed E-state index contributed by atoms with van der Waals surface area (Å²) in [7, 11) is 0. The average molecular weight is 446 g/mol. The number of fused-ring (bicyclic) bond motifs is 2. The van der Waals surface area contributed by atoms with Gasteiger partial charge in [-0.05, 0) is 43.6 Å². The zero-order valence-corrected chi connectivity index (χ0v) is 19.0. The van der Waals surface area contributed by atoms with Gasteiger partial charge in [-0.15, -0.1) is 0 Å². The lowest BCUT2D eigenvalue weighted by molar-refractivity contribution is -0.134. The van der Waals surface area contributed by atoms with Crippen molar-refractivity contribution in [3.8, 4) is 0 Å². The maximum absolute atomic E-state index is 13.4. The Morgan fingerprint density at radius 2 is 1.94 bits per heavy atom. The summed E-state index contributed by atoms with van der Waals surface area (Å²) in [6, 6.07) is 11.9. The van der Waals surface area contributed by atoms with Gasteiger partial charge in [-0.25, -0.2) is 9.50 Å². The van der Waals surface area contributed by atoms with Crippen molar-refractivity contribution in [3.05, 3.63) is 69.3 Å². The second-order valence-corrected chi connectivity index (χ2v) is 9.94. The Labute approximate surface area is 193 Å². The third-order valence-corrected chi connectivity index (χ3v) is 7.45. The number of aromatic nitrogens is 3. The number of hydrogen-bond acceptors (Lipinski definition) is 4. The molecule has 1 atom stereocenters. The van der Waals surface area contributed by atoms with E-state index in [1.807, 2.05) is 41.3 Å². The van der Waals surface area contributed by atoms with E-state index < -0.39 is 0 Å². The minimum absolute atomic E-state index is 0.0136. The molecule has 33 heavy (non-hydrogen) atoms. The second-order valence-electron chi connectivity index (χ2n) is 9.94. The number of nitrogens with zero attached hydrogens (tertiary/aromatic N) is 4. The van der Waals surface area contributed by atoms with Crippen molar-refractivity contribution in [2.75, 3.05) is 19.6 Å². The van der Waals surface area contributed by atoms with Crippen molar-refractivity contribution < 1.29 is 4.79 Å². The quantitative estimate of drug-likeness (QED) is 0.655. The summed E-state index contributed by atoms with van der Waals surface area (Å²) in [6.45, 7) is 3.52. The van der Waals surface area contributed by atoms with Crippen LogP contribution in [0.1, 0.15) is 60.7 Å². The molecule has 0 spiro atoms. The number of carbonyl (C=O) groups excluding carboxylic acids is 1. The summed E-state index contributed by atoms with van der Waals surface area (Å²) in [6.07, 6.45) is 6.86. The van der Waals surface area contributed by atoms with Gasteiger partial charge in [-0.2, -0.15) is 0 Å². The van der Waals surface area contributed by atoms with E-state index in [9.17, 15) is 9.59 Å². The Balaban J connectivity index is 1.28. The first kappa shape index (κ1) is 20.7. The van der Waals surface area contributed by atoms with Gasteiger partial charge >= 0.3 is 0 Å². The van der Waals surface area contributed by atoms with Gasteiger partial charge in [0.1, 0.15) is 0 Å². The molecule has 172 valence electrons. The standard InChI is InChI=1S/C26H31N5O2/c32-25(14-18-6-2-1-3-7-18)30-12-5-4-8-23(30)22-15-24-27-21-11-13-29(16-19-9-10-19)17-20(21)26(33)31(24)28-22/h1-3,6-7,15,19,23,28H,4-5,8-14,16-17H2. The average Bonchev–Trinajstić information content (AvgIpc) is 3.55. The number of hydrogen-bond donors (Lipinski definition) is 1. The Bertz CT molecular complexity index is 1230. The predicted molar refractivity (Wildman–Crippen MR) is 126 cm³/mol. The number of nitrogens with one attached hydrogen (secondary N) is 1. The van der Waals surface area contributed by atoms with Crippen LogP contribution >= 0.6 is 0 Å². The Hall–Kier alpha value is -2.93. The number of aromatic amines is 1. The zero-order chi connectivity index (χ0) is 22.4. The van der Waals surface area contributed by atoms with E-state index in [2.05, 4.69) is 10.00 Å². The lowest BCUT2D eigenvalue weighted by Gasteiger charge is -2.35. The van der Waals surface area contributed by atoms with Crippen molar-refractivity contribution in [2.45, 2.75) is 57.5 Å². The van der Waals surface area contributed by atoms with Crippen LogP contribution in [-0.2, 0) is 24.2 Å². The minimum atomic E-state index is -0.0422. The molecule has 1 unspecified atom stereocenters. The molecule has 1 saturated heterocycles. The molecule has 2 fully saturated rings. The summed E-state index contributed by atoms with van der Waals surface area (Å²) in [5.41, 5.74) is 4.40.